The average Bonchev–Trinajstić information content (AvgIpc) is 2.43. The highest BCUT2D eigenvalue weighted by Crippen LogP contribution is 2.15. The van der Waals surface area contributed by atoms with Gasteiger partial charge in [0.25, 0.3) is 0 Å². The molecule has 0 radical (unpaired) electrons. The zero-order valence-electron chi connectivity index (χ0n) is 8.13. The SMILES string of the molecule is CC(C)c1nn(C)cc1C#CCCl. The molecule has 0 unspecified atom stereocenters. The molecule has 70 valence electrons. The van der Waals surface area contributed by atoms with Crippen LogP contribution in [0.15, 0.2) is 6.20 Å². The summed E-state index contributed by atoms with van der Waals surface area (Å²) in [4.78, 5) is 0. The van der Waals surface area contributed by atoms with E-state index >= 15 is 0 Å². The Morgan fingerprint density at radius 1 is 1.62 bits per heavy atom. The lowest BCUT2D eigenvalue weighted by molar-refractivity contribution is 0.713. The van der Waals surface area contributed by atoms with E-state index in [1.807, 2.05) is 13.2 Å². The molecular formula is C10H13ClN2. The van der Waals surface area contributed by atoms with Gasteiger partial charge in [0.2, 0.25) is 0 Å². The summed E-state index contributed by atoms with van der Waals surface area (Å²) in [6, 6.07) is 0. The molecular weight excluding hydrogens is 184 g/mol. The van der Waals surface area contributed by atoms with Gasteiger partial charge in [-0.3, -0.25) is 4.68 Å². The van der Waals surface area contributed by atoms with E-state index in [1.54, 1.807) is 4.68 Å². The highest BCUT2D eigenvalue weighted by molar-refractivity contribution is 6.19. The summed E-state index contributed by atoms with van der Waals surface area (Å²) in [6.07, 6.45) is 1.93. The summed E-state index contributed by atoms with van der Waals surface area (Å²) >= 11 is 5.49. The van der Waals surface area contributed by atoms with E-state index < -0.39 is 0 Å². The summed E-state index contributed by atoms with van der Waals surface area (Å²) in [5, 5.41) is 4.33. The molecule has 0 N–H and O–H groups in total. The third kappa shape index (κ3) is 2.50. The summed E-state index contributed by atoms with van der Waals surface area (Å²) in [6.45, 7) is 4.21. The van der Waals surface area contributed by atoms with E-state index in [4.69, 9.17) is 11.6 Å². The summed E-state index contributed by atoms with van der Waals surface area (Å²) in [7, 11) is 1.90. The molecule has 0 spiro atoms. The second-order valence-corrected chi connectivity index (χ2v) is 3.46. The molecule has 0 atom stereocenters. The molecule has 0 saturated carbocycles. The first-order valence-electron chi connectivity index (χ1n) is 4.23. The van der Waals surface area contributed by atoms with Gasteiger partial charge in [-0.1, -0.05) is 25.7 Å². The molecule has 0 bridgehead atoms. The predicted octanol–water partition coefficient (Wildman–Crippen LogP) is 2.13. The van der Waals surface area contributed by atoms with Crippen LogP contribution in [0.25, 0.3) is 0 Å². The highest BCUT2D eigenvalue weighted by atomic mass is 35.5. The van der Waals surface area contributed by atoms with Crippen LogP contribution in [0.2, 0.25) is 0 Å². The molecule has 0 saturated heterocycles. The van der Waals surface area contributed by atoms with Gasteiger partial charge in [-0.05, 0) is 5.92 Å². The smallest absolute Gasteiger partial charge is 0.0839 e. The molecule has 1 aromatic heterocycles. The molecule has 0 fully saturated rings. The minimum atomic E-state index is 0.367. The number of nitrogens with zero attached hydrogens (tertiary/aromatic N) is 2. The van der Waals surface area contributed by atoms with Crippen LogP contribution in [0.5, 0.6) is 0 Å². The maximum absolute atomic E-state index is 5.49. The summed E-state index contributed by atoms with van der Waals surface area (Å²) < 4.78 is 1.79. The fraction of sp³-hybridized carbons (Fsp3) is 0.500. The van der Waals surface area contributed by atoms with Crippen molar-refractivity contribution in [1.82, 2.24) is 9.78 Å². The van der Waals surface area contributed by atoms with Gasteiger partial charge in [0.1, 0.15) is 0 Å². The van der Waals surface area contributed by atoms with Crippen molar-refractivity contribution in [2.24, 2.45) is 7.05 Å². The Morgan fingerprint density at radius 2 is 2.31 bits per heavy atom. The topological polar surface area (TPSA) is 17.8 Å². The zero-order chi connectivity index (χ0) is 9.84. The van der Waals surface area contributed by atoms with Gasteiger partial charge >= 0.3 is 0 Å². The van der Waals surface area contributed by atoms with Crippen molar-refractivity contribution in [3.63, 3.8) is 0 Å². The molecule has 0 aliphatic carbocycles. The molecule has 0 aromatic carbocycles. The van der Waals surface area contributed by atoms with Gasteiger partial charge in [-0.15, -0.1) is 11.6 Å². The zero-order valence-corrected chi connectivity index (χ0v) is 8.89. The lowest BCUT2D eigenvalue weighted by Gasteiger charge is -1.98. The van der Waals surface area contributed by atoms with Gasteiger partial charge in [0, 0.05) is 13.2 Å². The largest absolute Gasteiger partial charge is 0.274 e. The Morgan fingerprint density at radius 3 is 2.85 bits per heavy atom. The normalized spacial score (nSPS) is 9.92. The van der Waals surface area contributed by atoms with Gasteiger partial charge in [-0.2, -0.15) is 5.10 Å². The molecule has 0 aliphatic heterocycles. The molecule has 1 rings (SSSR count). The van der Waals surface area contributed by atoms with Crippen molar-refractivity contribution in [1.29, 1.82) is 0 Å². The average molecular weight is 197 g/mol. The van der Waals surface area contributed by atoms with Gasteiger partial charge < -0.3 is 0 Å². The third-order valence-electron chi connectivity index (χ3n) is 1.69. The van der Waals surface area contributed by atoms with Crippen LogP contribution in [-0.4, -0.2) is 15.7 Å². The van der Waals surface area contributed by atoms with Crippen molar-refractivity contribution in [3.05, 3.63) is 17.5 Å². The molecule has 1 heterocycles. The molecule has 0 amide bonds. The standard InChI is InChI=1S/C10H13ClN2/c1-8(2)10-9(5-4-6-11)7-13(3)12-10/h7-8H,6H2,1-3H3. The first-order valence-corrected chi connectivity index (χ1v) is 4.77. The second kappa shape index (κ2) is 4.34. The number of hydrogen-bond acceptors (Lipinski definition) is 1. The van der Waals surface area contributed by atoms with Crippen LogP contribution in [0, 0.1) is 11.8 Å². The van der Waals surface area contributed by atoms with E-state index in [0.717, 1.165) is 11.3 Å². The fourth-order valence-electron chi connectivity index (χ4n) is 1.16. The van der Waals surface area contributed by atoms with Gasteiger partial charge in [0.15, 0.2) is 0 Å². The van der Waals surface area contributed by atoms with Crippen LogP contribution in [0.4, 0.5) is 0 Å². The number of aromatic nitrogens is 2. The maximum atomic E-state index is 5.49. The quantitative estimate of drug-likeness (QED) is 0.497. The number of alkyl halides is 1. The third-order valence-corrected chi connectivity index (χ3v) is 1.83. The summed E-state index contributed by atoms with van der Waals surface area (Å²) in [5.74, 6) is 6.61. The van der Waals surface area contributed by atoms with Crippen molar-refractivity contribution >= 4 is 11.6 Å². The van der Waals surface area contributed by atoms with E-state index in [-0.39, 0.29) is 0 Å². The van der Waals surface area contributed by atoms with Crippen LogP contribution < -0.4 is 0 Å². The Kier molecular flexibility index (Phi) is 3.39. The summed E-state index contributed by atoms with van der Waals surface area (Å²) in [5.41, 5.74) is 2.03. The highest BCUT2D eigenvalue weighted by Gasteiger charge is 2.08. The number of rotatable bonds is 1. The molecule has 2 nitrogen and oxygen atoms in total. The molecule has 3 heteroatoms. The maximum Gasteiger partial charge on any atom is 0.0839 e. The molecule has 0 aliphatic rings. The molecule has 1 aromatic rings. The lowest BCUT2D eigenvalue weighted by Crippen LogP contribution is -1.93. The first kappa shape index (κ1) is 10.1. The predicted molar refractivity (Wildman–Crippen MR) is 54.9 cm³/mol. The monoisotopic (exact) mass is 196 g/mol. The Balaban J connectivity index is 3.04. The minimum Gasteiger partial charge on any atom is -0.274 e. The lowest BCUT2D eigenvalue weighted by atomic mass is 10.1. The number of halogens is 1. The van der Waals surface area contributed by atoms with Crippen LogP contribution in [0.3, 0.4) is 0 Å². The van der Waals surface area contributed by atoms with Crippen molar-refractivity contribution in [3.8, 4) is 11.8 Å². The van der Waals surface area contributed by atoms with E-state index in [2.05, 4.69) is 30.8 Å². The van der Waals surface area contributed by atoms with Crippen molar-refractivity contribution in [2.45, 2.75) is 19.8 Å². The first-order chi connectivity index (χ1) is 6.15. The van der Waals surface area contributed by atoms with Gasteiger partial charge in [-0.25, -0.2) is 0 Å². The van der Waals surface area contributed by atoms with Crippen molar-refractivity contribution in [2.75, 3.05) is 5.88 Å². The Labute approximate surface area is 83.9 Å². The van der Waals surface area contributed by atoms with Crippen LogP contribution in [-0.2, 0) is 7.05 Å². The van der Waals surface area contributed by atoms with Crippen LogP contribution in [0.1, 0.15) is 31.0 Å². The Hall–Kier alpha value is -0.940. The van der Waals surface area contributed by atoms with Crippen LogP contribution >= 0.6 is 11.6 Å². The number of aryl methyl sites for hydroxylation is 1. The fourth-order valence-corrected chi connectivity index (χ4v) is 1.22. The van der Waals surface area contributed by atoms with Crippen molar-refractivity contribution < 1.29 is 0 Å². The van der Waals surface area contributed by atoms with E-state index in [1.165, 1.54) is 0 Å². The second-order valence-electron chi connectivity index (χ2n) is 3.19. The van der Waals surface area contributed by atoms with Gasteiger partial charge in [0.05, 0.1) is 17.1 Å². The Bertz CT molecular complexity index is 342. The minimum absolute atomic E-state index is 0.367. The number of hydrogen-bond donors (Lipinski definition) is 0. The van der Waals surface area contributed by atoms with E-state index in [0.29, 0.717) is 11.8 Å². The molecule has 13 heavy (non-hydrogen) atoms. The van der Waals surface area contributed by atoms with E-state index in [9.17, 15) is 0 Å².